The summed E-state index contributed by atoms with van der Waals surface area (Å²) in [6.07, 6.45) is 0.985. The van der Waals surface area contributed by atoms with Gasteiger partial charge in [0.15, 0.2) is 0 Å². The highest BCUT2D eigenvalue weighted by molar-refractivity contribution is 7.99. The Labute approximate surface area is 107 Å². The average molecular weight is 261 g/mol. The molecule has 1 aromatic rings. The first-order valence-electron chi connectivity index (χ1n) is 4.93. The van der Waals surface area contributed by atoms with E-state index < -0.39 is 0 Å². The number of amides is 1. The van der Waals surface area contributed by atoms with Gasteiger partial charge in [-0.1, -0.05) is 12.1 Å². The Balaban J connectivity index is 0.00000225. The third kappa shape index (κ3) is 5.39. The quantitative estimate of drug-likeness (QED) is 0.632. The molecule has 0 unspecified atom stereocenters. The Hall–Kier alpha value is -0.710. The van der Waals surface area contributed by atoms with Gasteiger partial charge in [0, 0.05) is 11.8 Å². The second-order valence-corrected chi connectivity index (χ2v) is 4.30. The first-order valence-corrected chi connectivity index (χ1v) is 5.92. The monoisotopic (exact) mass is 260 g/mol. The van der Waals surface area contributed by atoms with E-state index in [4.69, 9.17) is 5.73 Å². The Kier molecular flexibility index (Phi) is 8.07. The van der Waals surface area contributed by atoms with Crippen molar-refractivity contribution >= 4 is 35.8 Å². The molecule has 0 aliphatic carbocycles. The Morgan fingerprint density at radius 2 is 2.12 bits per heavy atom. The number of rotatable bonds is 5. The number of hydrogen-bond donors (Lipinski definition) is 2. The normalized spacial score (nSPS) is 9.38. The Morgan fingerprint density at radius 3 is 2.75 bits per heavy atom. The molecule has 1 aromatic carbocycles. The highest BCUT2D eigenvalue weighted by Gasteiger charge is 2.02. The van der Waals surface area contributed by atoms with Crippen molar-refractivity contribution in [2.45, 2.75) is 18.2 Å². The molecule has 0 heterocycles. The van der Waals surface area contributed by atoms with Crippen molar-refractivity contribution in [3.63, 3.8) is 0 Å². The molecule has 0 spiro atoms. The zero-order valence-corrected chi connectivity index (χ0v) is 10.9. The number of anilines is 1. The SMILES string of the molecule is CC(=O)Nc1ccccc1SCCCN.Cl. The summed E-state index contributed by atoms with van der Waals surface area (Å²) in [7, 11) is 0. The Morgan fingerprint density at radius 1 is 1.44 bits per heavy atom. The first-order chi connectivity index (χ1) is 7.24. The summed E-state index contributed by atoms with van der Waals surface area (Å²) < 4.78 is 0. The van der Waals surface area contributed by atoms with Crippen molar-refractivity contribution in [3.05, 3.63) is 24.3 Å². The number of para-hydroxylation sites is 1. The Bertz CT molecular complexity index is 334. The number of nitrogens with two attached hydrogens (primary N) is 1. The number of carbonyl (C=O) groups is 1. The van der Waals surface area contributed by atoms with Crippen LogP contribution in [-0.4, -0.2) is 18.2 Å². The van der Waals surface area contributed by atoms with E-state index in [2.05, 4.69) is 5.32 Å². The predicted octanol–water partition coefficient (Wildman–Crippen LogP) is 2.51. The minimum atomic E-state index is -0.0399. The lowest BCUT2D eigenvalue weighted by Crippen LogP contribution is -2.06. The summed E-state index contributed by atoms with van der Waals surface area (Å²) in [5.74, 6) is 0.939. The first kappa shape index (κ1) is 15.3. The van der Waals surface area contributed by atoms with Gasteiger partial charge in [0.05, 0.1) is 5.69 Å². The van der Waals surface area contributed by atoms with E-state index in [9.17, 15) is 4.79 Å². The molecular weight excluding hydrogens is 244 g/mol. The van der Waals surface area contributed by atoms with Crippen LogP contribution in [0.1, 0.15) is 13.3 Å². The van der Waals surface area contributed by atoms with Crippen molar-refractivity contribution in [1.82, 2.24) is 0 Å². The summed E-state index contributed by atoms with van der Waals surface area (Å²) >= 11 is 1.72. The third-order valence-electron chi connectivity index (χ3n) is 1.80. The van der Waals surface area contributed by atoms with Crippen LogP contribution in [0.15, 0.2) is 29.2 Å². The van der Waals surface area contributed by atoms with E-state index in [1.807, 2.05) is 24.3 Å². The number of nitrogens with one attached hydrogen (secondary N) is 1. The standard InChI is InChI=1S/C11H16N2OS.ClH/c1-9(14)13-10-5-2-3-6-11(10)15-8-4-7-12;/h2-3,5-6H,4,7-8,12H2,1H3,(H,13,14);1H. The van der Waals surface area contributed by atoms with E-state index in [-0.39, 0.29) is 18.3 Å². The third-order valence-corrected chi connectivity index (χ3v) is 2.96. The molecule has 3 N–H and O–H groups in total. The zero-order chi connectivity index (χ0) is 11.1. The van der Waals surface area contributed by atoms with Crippen LogP contribution >= 0.6 is 24.2 Å². The fourth-order valence-corrected chi connectivity index (χ4v) is 2.13. The maximum Gasteiger partial charge on any atom is 0.221 e. The van der Waals surface area contributed by atoms with E-state index in [0.717, 1.165) is 22.8 Å². The lowest BCUT2D eigenvalue weighted by Gasteiger charge is -2.08. The van der Waals surface area contributed by atoms with Crippen molar-refractivity contribution in [3.8, 4) is 0 Å². The fourth-order valence-electron chi connectivity index (χ4n) is 1.15. The molecule has 0 radical (unpaired) electrons. The largest absolute Gasteiger partial charge is 0.330 e. The van der Waals surface area contributed by atoms with Gasteiger partial charge in [0.2, 0.25) is 5.91 Å². The summed E-state index contributed by atoms with van der Waals surface area (Å²) in [5, 5.41) is 2.81. The molecule has 0 bridgehead atoms. The molecule has 90 valence electrons. The molecule has 0 fully saturated rings. The molecule has 0 atom stereocenters. The second-order valence-electron chi connectivity index (χ2n) is 3.17. The average Bonchev–Trinajstić information content (AvgIpc) is 2.20. The lowest BCUT2D eigenvalue weighted by atomic mass is 10.3. The zero-order valence-electron chi connectivity index (χ0n) is 9.23. The molecule has 0 aromatic heterocycles. The molecule has 16 heavy (non-hydrogen) atoms. The topological polar surface area (TPSA) is 55.1 Å². The van der Waals surface area contributed by atoms with Gasteiger partial charge < -0.3 is 11.1 Å². The van der Waals surface area contributed by atoms with E-state index >= 15 is 0 Å². The maximum atomic E-state index is 11.0. The van der Waals surface area contributed by atoms with E-state index in [0.29, 0.717) is 6.54 Å². The van der Waals surface area contributed by atoms with E-state index in [1.165, 1.54) is 6.92 Å². The summed E-state index contributed by atoms with van der Waals surface area (Å²) in [6, 6.07) is 7.80. The van der Waals surface area contributed by atoms with Crippen LogP contribution in [-0.2, 0) is 4.79 Å². The minimum Gasteiger partial charge on any atom is -0.330 e. The maximum absolute atomic E-state index is 11.0. The van der Waals surface area contributed by atoms with Crippen LogP contribution < -0.4 is 11.1 Å². The van der Waals surface area contributed by atoms with Gasteiger partial charge in [-0.15, -0.1) is 24.2 Å². The van der Waals surface area contributed by atoms with Crippen molar-refractivity contribution < 1.29 is 4.79 Å². The molecule has 0 saturated heterocycles. The van der Waals surface area contributed by atoms with Crippen LogP contribution in [0.25, 0.3) is 0 Å². The number of thioether (sulfide) groups is 1. The van der Waals surface area contributed by atoms with Crippen molar-refractivity contribution in [1.29, 1.82) is 0 Å². The minimum absolute atomic E-state index is 0. The van der Waals surface area contributed by atoms with Crippen LogP contribution in [0.3, 0.4) is 0 Å². The lowest BCUT2D eigenvalue weighted by molar-refractivity contribution is -0.114. The van der Waals surface area contributed by atoms with Gasteiger partial charge in [-0.25, -0.2) is 0 Å². The van der Waals surface area contributed by atoms with Crippen LogP contribution in [0.2, 0.25) is 0 Å². The smallest absolute Gasteiger partial charge is 0.221 e. The van der Waals surface area contributed by atoms with Gasteiger partial charge >= 0.3 is 0 Å². The molecule has 0 aliphatic rings. The molecule has 0 aliphatic heterocycles. The van der Waals surface area contributed by atoms with E-state index in [1.54, 1.807) is 11.8 Å². The van der Waals surface area contributed by atoms with Crippen LogP contribution in [0.5, 0.6) is 0 Å². The highest BCUT2D eigenvalue weighted by Crippen LogP contribution is 2.27. The van der Waals surface area contributed by atoms with Gasteiger partial charge in [0.1, 0.15) is 0 Å². The fraction of sp³-hybridized carbons (Fsp3) is 0.364. The van der Waals surface area contributed by atoms with Crippen molar-refractivity contribution in [2.75, 3.05) is 17.6 Å². The second kappa shape index (κ2) is 8.44. The van der Waals surface area contributed by atoms with Crippen LogP contribution in [0.4, 0.5) is 5.69 Å². The number of halogens is 1. The van der Waals surface area contributed by atoms with Gasteiger partial charge in [-0.3, -0.25) is 4.79 Å². The predicted molar refractivity (Wildman–Crippen MR) is 72.4 cm³/mol. The molecule has 1 rings (SSSR count). The molecule has 0 saturated carbocycles. The molecule has 1 amide bonds. The van der Waals surface area contributed by atoms with Crippen molar-refractivity contribution in [2.24, 2.45) is 5.73 Å². The summed E-state index contributed by atoms with van der Waals surface area (Å²) in [5.41, 5.74) is 6.31. The van der Waals surface area contributed by atoms with Crippen LogP contribution in [0, 0.1) is 0 Å². The number of hydrogen-bond acceptors (Lipinski definition) is 3. The summed E-state index contributed by atoms with van der Waals surface area (Å²) in [4.78, 5) is 12.1. The molecule has 5 heteroatoms. The van der Waals surface area contributed by atoms with Gasteiger partial charge in [-0.2, -0.15) is 0 Å². The number of carbonyl (C=O) groups excluding carboxylic acids is 1. The molecule has 3 nitrogen and oxygen atoms in total. The molecular formula is C11H17ClN2OS. The van der Waals surface area contributed by atoms with Gasteiger partial charge in [-0.05, 0) is 30.9 Å². The number of benzene rings is 1. The highest BCUT2D eigenvalue weighted by atomic mass is 35.5. The van der Waals surface area contributed by atoms with Gasteiger partial charge in [0.25, 0.3) is 0 Å². The summed E-state index contributed by atoms with van der Waals surface area (Å²) in [6.45, 7) is 2.22.